The Hall–Kier alpha value is -7.16. The van der Waals surface area contributed by atoms with Crippen molar-refractivity contribution in [3.05, 3.63) is 182 Å². The summed E-state index contributed by atoms with van der Waals surface area (Å²) >= 11 is 0. The maximum atomic E-state index is 9.62. The molecule has 0 saturated heterocycles. The number of fused-ring (bicyclic) bond motifs is 12. The maximum Gasteiger partial charge on any atom is 0.143 e. The number of hydrogen-bond donors (Lipinski definition) is 0. The van der Waals surface area contributed by atoms with E-state index in [-0.39, 0.29) is 56.8 Å². The molecule has 0 aliphatic carbocycles. The molecule has 2 nitrogen and oxygen atoms in total. The van der Waals surface area contributed by atoms with Crippen molar-refractivity contribution in [2.75, 3.05) is 0 Å². The number of hydrogen-bond acceptors (Lipinski definition) is 2. The van der Waals surface area contributed by atoms with Gasteiger partial charge in [0.2, 0.25) is 0 Å². The average Bonchev–Trinajstić information content (AvgIpc) is 3.89. The second-order valence-corrected chi connectivity index (χ2v) is 13.7. The molecule has 0 aliphatic rings. The van der Waals surface area contributed by atoms with Gasteiger partial charge in [0.15, 0.2) is 0 Å². The Morgan fingerprint density at radius 1 is 0.352 bits per heavy atom. The lowest BCUT2D eigenvalue weighted by Crippen LogP contribution is -1.92. The normalized spacial score (nSPS) is 14.1. The van der Waals surface area contributed by atoms with Crippen molar-refractivity contribution in [3.8, 4) is 33.4 Å². The quantitative estimate of drug-likeness (QED) is 0.172. The van der Waals surface area contributed by atoms with Crippen LogP contribution in [0, 0.1) is 0 Å². The first-order valence-electron chi connectivity index (χ1n) is 21.9. The zero-order valence-corrected chi connectivity index (χ0v) is 28.5. The molecular weight excluding hydrogens is 657 g/mol. The Labute approximate surface area is 321 Å². The van der Waals surface area contributed by atoms with Gasteiger partial charge in [-0.2, -0.15) is 0 Å². The largest absolute Gasteiger partial charge is 0.456 e. The molecule has 250 valence electrons. The van der Waals surface area contributed by atoms with Gasteiger partial charge in [-0.1, -0.05) is 158 Å². The van der Waals surface area contributed by atoms with E-state index in [1.54, 1.807) is 0 Å². The van der Waals surface area contributed by atoms with Crippen LogP contribution in [0.15, 0.2) is 191 Å². The van der Waals surface area contributed by atoms with Crippen LogP contribution in [-0.4, -0.2) is 0 Å². The minimum Gasteiger partial charge on any atom is -0.456 e. The molecule has 0 amide bonds. The Balaban J connectivity index is 1.27. The molecular formula is C52H30O2. The van der Waals surface area contributed by atoms with Crippen molar-refractivity contribution in [2.45, 2.75) is 0 Å². The van der Waals surface area contributed by atoms with Crippen molar-refractivity contribution in [1.29, 1.82) is 0 Å². The van der Waals surface area contributed by atoms with Crippen molar-refractivity contribution in [3.63, 3.8) is 0 Å². The first kappa shape index (κ1) is 22.7. The van der Waals surface area contributed by atoms with Crippen LogP contribution >= 0.6 is 0 Å². The number of benzene rings is 10. The molecule has 0 spiro atoms. The van der Waals surface area contributed by atoms with Gasteiger partial charge in [0.05, 0.1) is 11.0 Å². The minimum absolute atomic E-state index is 0.123. The minimum atomic E-state index is -0.464. The summed E-state index contributed by atoms with van der Waals surface area (Å²) in [6.07, 6.45) is 0. The molecule has 2 heterocycles. The topological polar surface area (TPSA) is 26.3 Å². The highest BCUT2D eigenvalue weighted by molar-refractivity contribution is 6.34. The van der Waals surface area contributed by atoms with E-state index in [9.17, 15) is 5.48 Å². The van der Waals surface area contributed by atoms with Crippen LogP contribution in [0.3, 0.4) is 0 Å². The van der Waals surface area contributed by atoms with Gasteiger partial charge in [-0.3, -0.25) is 0 Å². The van der Waals surface area contributed by atoms with Gasteiger partial charge < -0.3 is 8.83 Å². The van der Waals surface area contributed by atoms with Crippen LogP contribution in [0.1, 0.15) is 11.0 Å². The third kappa shape index (κ3) is 4.11. The molecule has 0 fully saturated rings. The van der Waals surface area contributed by atoms with Crippen LogP contribution in [0.2, 0.25) is 0 Å². The van der Waals surface area contributed by atoms with E-state index >= 15 is 0 Å². The van der Waals surface area contributed by atoms with Gasteiger partial charge >= 0.3 is 0 Å². The average molecular weight is 695 g/mol. The fraction of sp³-hybridized carbons (Fsp3) is 0. The summed E-state index contributed by atoms with van der Waals surface area (Å²) in [4.78, 5) is 0. The number of para-hydroxylation sites is 2. The Kier molecular flexibility index (Phi) is 4.70. The molecule has 0 saturated carbocycles. The zero-order valence-electron chi connectivity index (χ0n) is 36.5. The van der Waals surface area contributed by atoms with Gasteiger partial charge in [0.1, 0.15) is 22.3 Å². The van der Waals surface area contributed by atoms with E-state index in [0.29, 0.717) is 27.9 Å². The first-order valence-corrected chi connectivity index (χ1v) is 17.9. The lowest BCUT2D eigenvalue weighted by molar-refractivity contribution is 0.669. The number of furan rings is 2. The molecule has 0 bridgehead atoms. The molecule has 0 radical (unpaired) electrons. The van der Waals surface area contributed by atoms with Crippen molar-refractivity contribution >= 4 is 87.0 Å². The van der Waals surface area contributed by atoms with E-state index in [0.717, 1.165) is 59.8 Å². The van der Waals surface area contributed by atoms with Gasteiger partial charge in [-0.05, 0) is 84.2 Å². The predicted octanol–water partition coefficient (Wildman–Crippen LogP) is 15.1. The molecule has 12 aromatic rings. The van der Waals surface area contributed by atoms with E-state index in [4.69, 9.17) is 14.3 Å². The second-order valence-electron chi connectivity index (χ2n) is 13.7. The highest BCUT2D eigenvalue weighted by Gasteiger charge is 2.24. The fourth-order valence-electron chi connectivity index (χ4n) is 8.59. The predicted molar refractivity (Wildman–Crippen MR) is 227 cm³/mol. The van der Waals surface area contributed by atoms with Crippen LogP contribution < -0.4 is 0 Å². The summed E-state index contributed by atoms with van der Waals surface area (Å²) in [5.74, 6) is 0. The standard InChI is InChI=1S/C52H30O2/c1-2-14-35-31(12-1)13-11-21-36(35)32-24-26-33(27-25-32)47-37-15-3-5-17-39(37)49(40-18-6-4-16-38(40)47)43-30-34-28-29-46-50(41-19-7-9-22-44(41)53-46)48(34)51-42-20-8-10-23-45(42)54-52(43)51/h1-30H/i3D,4D,5D,6D,15D,16D,17D,18D. The first-order chi connectivity index (χ1) is 30.1. The van der Waals surface area contributed by atoms with E-state index in [1.807, 2.05) is 115 Å². The van der Waals surface area contributed by atoms with E-state index in [1.165, 1.54) is 0 Å². The van der Waals surface area contributed by atoms with Crippen LogP contribution in [0.5, 0.6) is 0 Å². The van der Waals surface area contributed by atoms with E-state index < -0.39 is 24.2 Å². The highest BCUT2D eigenvalue weighted by Crippen LogP contribution is 2.50. The van der Waals surface area contributed by atoms with Crippen molar-refractivity contribution in [1.82, 2.24) is 0 Å². The summed E-state index contributed by atoms with van der Waals surface area (Å²) in [6.45, 7) is 0. The van der Waals surface area contributed by atoms with Crippen LogP contribution in [-0.2, 0) is 0 Å². The maximum absolute atomic E-state index is 9.62. The summed E-state index contributed by atoms with van der Waals surface area (Å²) < 4.78 is 87.5. The molecule has 2 heteroatoms. The Morgan fingerprint density at radius 2 is 0.926 bits per heavy atom. The summed E-state index contributed by atoms with van der Waals surface area (Å²) in [6, 6.07) is 40.0. The van der Waals surface area contributed by atoms with Crippen LogP contribution in [0.4, 0.5) is 0 Å². The van der Waals surface area contributed by atoms with Crippen LogP contribution in [0.25, 0.3) is 120 Å². The molecule has 12 rings (SSSR count). The lowest BCUT2D eigenvalue weighted by Gasteiger charge is -2.19. The molecule has 0 atom stereocenters. The Bertz CT molecular complexity index is 3870. The highest BCUT2D eigenvalue weighted by atomic mass is 16.3. The lowest BCUT2D eigenvalue weighted by atomic mass is 9.84. The van der Waals surface area contributed by atoms with Gasteiger partial charge in [0, 0.05) is 38.1 Å². The molecule has 0 aliphatic heterocycles. The second kappa shape index (κ2) is 11.2. The third-order valence-electron chi connectivity index (χ3n) is 10.9. The smallest absolute Gasteiger partial charge is 0.143 e. The van der Waals surface area contributed by atoms with Gasteiger partial charge in [-0.15, -0.1) is 0 Å². The molecule has 54 heavy (non-hydrogen) atoms. The molecule has 2 aromatic heterocycles. The van der Waals surface area contributed by atoms with Gasteiger partial charge in [0.25, 0.3) is 0 Å². The fourth-order valence-corrected chi connectivity index (χ4v) is 8.59. The summed E-state index contributed by atoms with van der Waals surface area (Å²) in [5.41, 5.74) is 5.82. The monoisotopic (exact) mass is 694 g/mol. The zero-order chi connectivity index (χ0) is 42.3. The Morgan fingerprint density at radius 3 is 1.65 bits per heavy atom. The molecule has 0 N–H and O–H groups in total. The third-order valence-corrected chi connectivity index (χ3v) is 10.9. The van der Waals surface area contributed by atoms with Crippen molar-refractivity contribution in [2.24, 2.45) is 0 Å². The SMILES string of the molecule is [2H]c1c([2H])c([2H])c2c(-c3cc4ccc5oc6ccccc6c5c4c4c3oc3ccccc34)c3c([2H])c([2H])c([2H])c([2H])c3c(-c3ccc(-c4cccc5ccccc45)cc3)c2c1[2H]. The van der Waals surface area contributed by atoms with Crippen molar-refractivity contribution < 1.29 is 19.8 Å². The summed E-state index contributed by atoms with van der Waals surface area (Å²) in [5, 5.41) is 7.71. The summed E-state index contributed by atoms with van der Waals surface area (Å²) in [7, 11) is 0. The molecule has 0 unspecified atom stereocenters. The number of rotatable bonds is 3. The molecule has 10 aromatic carbocycles. The van der Waals surface area contributed by atoms with E-state index in [2.05, 4.69) is 18.2 Å². The van der Waals surface area contributed by atoms with Gasteiger partial charge in [-0.25, -0.2) is 0 Å².